The van der Waals surface area contributed by atoms with Crippen LogP contribution in [0.5, 0.6) is 0 Å². The number of hydrogen-bond donors (Lipinski definition) is 3. The van der Waals surface area contributed by atoms with Crippen molar-refractivity contribution in [2.75, 3.05) is 12.0 Å². The number of rotatable bonds is 6. The fourth-order valence-corrected chi connectivity index (χ4v) is 1.61. The summed E-state index contributed by atoms with van der Waals surface area (Å²) < 4.78 is 0. The van der Waals surface area contributed by atoms with E-state index in [1.54, 1.807) is 12.3 Å². The molecule has 1 aromatic rings. The van der Waals surface area contributed by atoms with E-state index < -0.39 is 0 Å². The number of hydrogen-bond acceptors (Lipinski definition) is 4. The monoisotopic (exact) mass is 236 g/mol. The summed E-state index contributed by atoms with van der Waals surface area (Å²) >= 11 is 0. The van der Waals surface area contributed by atoms with Gasteiger partial charge in [0.25, 0.3) is 5.91 Å². The van der Waals surface area contributed by atoms with Crippen molar-refractivity contribution < 1.29 is 4.79 Å². The van der Waals surface area contributed by atoms with Crippen molar-refractivity contribution >= 4 is 11.6 Å². The first kappa shape index (κ1) is 13.4. The summed E-state index contributed by atoms with van der Waals surface area (Å²) in [6, 6.07) is 1.67. The van der Waals surface area contributed by atoms with Crippen molar-refractivity contribution in [3.05, 3.63) is 24.0 Å². The second-order valence-electron chi connectivity index (χ2n) is 3.96. The van der Waals surface area contributed by atoms with E-state index in [9.17, 15) is 4.79 Å². The minimum absolute atomic E-state index is 0.141. The second kappa shape index (κ2) is 6.85. The maximum atomic E-state index is 11.9. The molecule has 0 unspecified atom stereocenters. The van der Waals surface area contributed by atoms with Crippen molar-refractivity contribution in [2.24, 2.45) is 11.8 Å². The highest BCUT2D eigenvalue weighted by atomic mass is 16.1. The Morgan fingerprint density at radius 1 is 1.47 bits per heavy atom. The molecule has 0 saturated carbocycles. The average Bonchev–Trinajstić information content (AvgIpc) is 2.39. The van der Waals surface area contributed by atoms with Crippen LogP contribution >= 0.6 is 0 Å². The number of carbonyl (C=O) groups is 1. The fraction of sp³-hybridized carbons (Fsp3) is 0.500. The van der Waals surface area contributed by atoms with Gasteiger partial charge in [0.15, 0.2) is 0 Å². The molecule has 0 aliphatic heterocycles. The lowest BCUT2D eigenvalue weighted by atomic mass is 10.0. The molecule has 0 atom stereocenters. The van der Waals surface area contributed by atoms with Gasteiger partial charge in [-0.3, -0.25) is 15.6 Å². The highest BCUT2D eigenvalue weighted by Gasteiger charge is 2.12. The molecular formula is C12H20N4O. The molecule has 4 N–H and O–H groups in total. The van der Waals surface area contributed by atoms with Crippen LogP contribution in [0.4, 0.5) is 5.69 Å². The lowest BCUT2D eigenvalue weighted by molar-refractivity contribution is 0.0947. The molecule has 17 heavy (non-hydrogen) atoms. The van der Waals surface area contributed by atoms with Gasteiger partial charge in [-0.1, -0.05) is 26.7 Å². The van der Waals surface area contributed by atoms with Gasteiger partial charge >= 0.3 is 0 Å². The molecule has 0 aliphatic carbocycles. The van der Waals surface area contributed by atoms with Crippen LogP contribution in [0.25, 0.3) is 0 Å². The number of carbonyl (C=O) groups excluding carboxylic acids is 1. The highest BCUT2D eigenvalue weighted by Crippen LogP contribution is 2.12. The van der Waals surface area contributed by atoms with E-state index in [-0.39, 0.29) is 5.91 Å². The number of nitrogen functional groups attached to an aromatic ring is 1. The molecule has 0 radical (unpaired) electrons. The molecule has 0 saturated heterocycles. The largest absolute Gasteiger partial charge is 0.352 e. The van der Waals surface area contributed by atoms with E-state index in [0.29, 0.717) is 23.7 Å². The van der Waals surface area contributed by atoms with Gasteiger partial charge in [-0.2, -0.15) is 0 Å². The van der Waals surface area contributed by atoms with Gasteiger partial charge in [0.1, 0.15) is 0 Å². The zero-order valence-electron chi connectivity index (χ0n) is 10.4. The fourth-order valence-electron chi connectivity index (χ4n) is 1.61. The zero-order valence-corrected chi connectivity index (χ0v) is 10.4. The van der Waals surface area contributed by atoms with Crippen LogP contribution in [0.2, 0.25) is 0 Å². The maximum Gasteiger partial charge on any atom is 0.255 e. The predicted octanol–water partition coefficient (Wildman–Crippen LogP) is 1.53. The van der Waals surface area contributed by atoms with Crippen molar-refractivity contribution in [3.8, 4) is 0 Å². The van der Waals surface area contributed by atoms with Gasteiger partial charge in [-0.25, -0.2) is 0 Å². The highest BCUT2D eigenvalue weighted by molar-refractivity contribution is 5.99. The number of hydrazine groups is 1. The number of nitrogens with zero attached hydrogens (tertiary/aromatic N) is 1. The molecule has 0 spiro atoms. The van der Waals surface area contributed by atoms with E-state index >= 15 is 0 Å². The molecule has 0 bridgehead atoms. The minimum atomic E-state index is -0.141. The van der Waals surface area contributed by atoms with E-state index in [1.165, 1.54) is 6.20 Å². The lowest BCUT2D eigenvalue weighted by Crippen LogP contribution is -2.30. The molecule has 1 aromatic heterocycles. The van der Waals surface area contributed by atoms with E-state index in [2.05, 4.69) is 29.6 Å². The number of amides is 1. The molecule has 5 nitrogen and oxygen atoms in total. The molecule has 1 amide bonds. The Balaban J connectivity index is 2.63. The predicted molar refractivity (Wildman–Crippen MR) is 68.5 cm³/mol. The van der Waals surface area contributed by atoms with Crippen LogP contribution in [0, 0.1) is 5.92 Å². The van der Waals surface area contributed by atoms with Crippen molar-refractivity contribution in [2.45, 2.75) is 26.7 Å². The Hall–Kier alpha value is -1.62. The molecule has 5 heteroatoms. The summed E-state index contributed by atoms with van der Waals surface area (Å²) in [5, 5.41) is 2.90. The second-order valence-corrected chi connectivity index (χ2v) is 3.96. The number of pyridine rings is 1. The Bertz CT molecular complexity index is 363. The van der Waals surface area contributed by atoms with Crippen LogP contribution in [-0.2, 0) is 0 Å². The van der Waals surface area contributed by atoms with Crippen LogP contribution in [0.15, 0.2) is 18.5 Å². The van der Waals surface area contributed by atoms with Gasteiger partial charge in [0, 0.05) is 18.9 Å². The van der Waals surface area contributed by atoms with Crippen LogP contribution in [-0.4, -0.2) is 17.4 Å². The third-order valence-electron chi connectivity index (χ3n) is 2.93. The van der Waals surface area contributed by atoms with Gasteiger partial charge in [-0.15, -0.1) is 0 Å². The first-order valence-corrected chi connectivity index (χ1v) is 5.91. The summed E-state index contributed by atoms with van der Waals surface area (Å²) in [7, 11) is 0. The summed E-state index contributed by atoms with van der Waals surface area (Å²) in [5.41, 5.74) is 3.55. The SMILES string of the molecule is CCC(CC)CNC(=O)c1cnccc1NN. The summed E-state index contributed by atoms with van der Waals surface area (Å²) in [6.07, 6.45) is 5.22. The third-order valence-corrected chi connectivity index (χ3v) is 2.93. The van der Waals surface area contributed by atoms with Crippen molar-refractivity contribution in [3.63, 3.8) is 0 Å². The Morgan fingerprint density at radius 3 is 2.76 bits per heavy atom. The Labute approximate surface area is 102 Å². The topological polar surface area (TPSA) is 80.0 Å². The van der Waals surface area contributed by atoms with E-state index in [1.807, 2.05) is 0 Å². The zero-order chi connectivity index (χ0) is 12.7. The van der Waals surface area contributed by atoms with Crippen LogP contribution in [0.3, 0.4) is 0 Å². The first-order chi connectivity index (χ1) is 8.22. The first-order valence-electron chi connectivity index (χ1n) is 5.91. The van der Waals surface area contributed by atoms with Gasteiger partial charge in [0.2, 0.25) is 0 Å². The van der Waals surface area contributed by atoms with Gasteiger partial charge in [-0.05, 0) is 12.0 Å². The molecule has 94 valence electrons. The number of nitrogens with two attached hydrogens (primary N) is 1. The number of nitrogens with one attached hydrogen (secondary N) is 2. The number of aromatic nitrogens is 1. The molecule has 0 aromatic carbocycles. The maximum absolute atomic E-state index is 11.9. The van der Waals surface area contributed by atoms with Gasteiger partial charge in [0.05, 0.1) is 11.3 Å². The minimum Gasteiger partial charge on any atom is -0.352 e. The average molecular weight is 236 g/mol. The van der Waals surface area contributed by atoms with Crippen LogP contribution in [0.1, 0.15) is 37.0 Å². The van der Waals surface area contributed by atoms with E-state index in [4.69, 9.17) is 5.84 Å². The molecule has 0 fully saturated rings. The third kappa shape index (κ3) is 3.71. The summed E-state index contributed by atoms with van der Waals surface area (Å²) in [6.45, 7) is 4.93. The van der Waals surface area contributed by atoms with Crippen molar-refractivity contribution in [1.29, 1.82) is 0 Å². The van der Waals surface area contributed by atoms with Gasteiger partial charge < -0.3 is 10.7 Å². The standard InChI is InChI=1S/C12H20N4O/c1-3-9(4-2)7-15-12(17)10-8-14-6-5-11(10)16-13/h5-6,8-9H,3-4,7,13H2,1-2H3,(H,14,16)(H,15,17). The molecule has 0 aliphatic rings. The smallest absolute Gasteiger partial charge is 0.255 e. The molecule has 1 rings (SSSR count). The quantitative estimate of drug-likeness (QED) is 0.517. The molecular weight excluding hydrogens is 216 g/mol. The normalized spacial score (nSPS) is 10.4. The molecule has 1 heterocycles. The summed E-state index contributed by atoms with van der Waals surface area (Å²) in [4.78, 5) is 15.8. The Morgan fingerprint density at radius 2 is 2.18 bits per heavy atom. The Kier molecular flexibility index (Phi) is 5.42. The number of anilines is 1. The van der Waals surface area contributed by atoms with E-state index in [0.717, 1.165) is 12.8 Å². The summed E-state index contributed by atoms with van der Waals surface area (Å²) in [5.74, 6) is 5.72. The van der Waals surface area contributed by atoms with Crippen molar-refractivity contribution in [1.82, 2.24) is 10.3 Å². The van der Waals surface area contributed by atoms with Crippen LogP contribution < -0.4 is 16.6 Å². The lowest BCUT2D eigenvalue weighted by Gasteiger charge is -2.14.